The van der Waals surface area contributed by atoms with E-state index in [4.69, 9.17) is 32.7 Å². The Kier molecular flexibility index (Phi) is 9.01. The van der Waals surface area contributed by atoms with E-state index in [1.807, 2.05) is 18.2 Å². The number of hydrogen-bond acceptors (Lipinski definition) is 6. The molecule has 0 aliphatic rings. The number of fused-ring (bicyclic) bond motifs is 1. The van der Waals surface area contributed by atoms with Crippen molar-refractivity contribution < 1.29 is 23.9 Å². The first-order valence-electron chi connectivity index (χ1n) is 12.0. The monoisotopic (exact) mass is 565 g/mol. The molecule has 3 aromatic carbocycles. The Hall–Kier alpha value is -4.14. The van der Waals surface area contributed by atoms with E-state index in [0.717, 1.165) is 0 Å². The number of carbonyl (C=O) groups excluding carboxylic acids is 3. The van der Waals surface area contributed by atoms with E-state index in [-0.39, 0.29) is 22.9 Å². The molecule has 8 nitrogen and oxygen atoms in total. The molecule has 39 heavy (non-hydrogen) atoms. The molecule has 200 valence electrons. The van der Waals surface area contributed by atoms with Crippen LogP contribution in [0.4, 0.5) is 5.69 Å². The molecule has 2 amide bonds. The summed E-state index contributed by atoms with van der Waals surface area (Å²) in [6.45, 7) is 1.43. The first kappa shape index (κ1) is 27.9. The van der Waals surface area contributed by atoms with Gasteiger partial charge in [-0.25, -0.2) is 4.98 Å². The number of para-hydroxylation sites is 1. The lowest BCUT2D eigenvalue weighted by Gasteiger charge is -2.32. The maximum absolute atomic E-state index is 14.1. The fraction of sp³-hybridized carbons (Fsp3) is 0.172. The second-order valence-electron chi connectivity index (χ2n) is 8.37. The number of amides is 2. The predicted octanol–water partition coefficient (Wildman–Crippen LogP) is 5.62. The van der Waals surface area contributed by atoms with Gasteiger partial charge < -0.3 is 14.8 Å². The summed E-state index contributed by atoms with van der Waals surface area (Å²) in [5.41, 5.74) is 1.56. The van der Waals surface area contributed by atoms with Gasteiger partial charge in [0.25, 0.3) is 5.91 Å². The van der Waals surface area contributed by atoms with Crippen LogP contribution in [0, 0.1) is 0 Å². The van der Waals surface area contributed by atoms with Crippen molar-refractivity contribution >= 4 is 57.6 Å². The molecule has 1 atom stereocenters. The summed E-state index contributed by atoms with van der Waals surface area (Å²) in [5.74, 6) is -1.21. The van der Waals surface area contributed by atoms with Crippen LogP contribution in [-0.4, -0.2) is 43.0 Å². The van der Waals surface area contributed by atoms with Crippen LogP contribution >= 0.6 is 23.2 Å². The van der Waals surface area contributed by atoms with Gasteiger partial charge in [0, 0.05) is 27.2 Å². The summed E-state index contributed by atoms with van der Waals surface area (Å²) in [7, 11) is 1.53. The van der Waals surface area contributed by atoms with Gasteiger partial charge in [-0.3, -0.25) is 19.3 Å². The molecule has 0 saturated carbocycles. The summed E-state index contributed by atoms with van der Waals surface area (Å²) >= 11 is 12.7. The standard InChI is InChI=1S/C29H25Cl2N3O5/c1-3-39-25(35)17-32-28(36)26(23-16-19-6-4-5-7-24(19)33-27(23)31)34(21-12-14-22(38-2)15-13-21)29(37)18-8-10-20(30)11-9-18/h4-16,26H,3,17H2,1-2H3,(H,32,36). The molecule has 0 aliphatic heterocycles. The lowest BCUT2D eigenvalue weighted by Crippen LogP contribution is -2.45. The van der Waals surface area contributed by atoms with Crippen LogP contribution in [0.5, 0.6) is 5.75 Å². The maximum Gasteiger partial charge on any atom is 0.325 e. The topological polar surface area (TPSA) is 97.8 Å². The fourth-order valence-electron chi connectivity index (χ4n) is 4.02. The van der Waals surface area contributed by atoms with Crippen molar-refractivity contribution in [3.63, 3.8) is 0 Å². The minimum absolute atomic E-state index is 0.0346. The molecule has 0 fully saturated rings. The van der Waals surface area contributed by atoms with E-state index in [9.17, 15) is 14.4 Å². The van der Waals surface area contributed by atoms with Crippen LogP contribution in [0.25, 0.3) is 10.9 Å². The van der Waals surface area contributed by atoms with Gasteiger partial charge in [0.15, 0.2) is 0 Å². The Bertz CT molecular complexity index is 1490. The van der Waals surface area contributed by atoms with Crippen molar-refractivity contribution in [1.82, 2.24) is 10.3 Å². The zero-order valence-corrected chi connectivity index (χ0v) is 22.7. The van der Waals surface area contributed by atoms with Crippen LogP contribution in [0.2, 0.25) is 10.2 Å². The third kappa shape index (κ3) is 6.47. The quantitative estimate of drug-likeness (QED) is 0.209. The molecule has 1 unspecified atom stereocenters. The summed E-state index contributed by atoms with van der Waals surface area (Å²) in [5, 5.41) is 3.79. The number of rotatable bonds is 9. The Balaban J connectivity index is 1.89. The van der Waals surface area contributed by atoms with Gasteiger partial charge in [-0.2, -0.15) is 0 Å². The zero-order valence-electron chi connectivity index (χ0n) is 21.2. The van der Waals surface area contributed by atoms with Gasteiger partial charge in [0.2, 0.25) is 5.91 Å². The first-order chi connectivity index (χ1) is 18.8. The van der Waals surface area contributed by atoms with Crippen LogP contribution in [-0.2, 0) is 14.3 Å². The van der Waals surface area contributed by atoms with Crippen molar-refractivity contribution in [3.05, 3.63) is 100 Å². The lowest BCUT2D eigenvalue weighted by molar-refractivity contribution is -0.143. The van der Waals surface area contributed by atoms with E-state index in [2.05, 4.69) is 10.3 Å². The molecule has 0 radical (unpaired) electrons. The van der Waals surface area contributed by atoms with E-state index in [1.165, 1.54) is 12.0 Å². The number of methoxy groups -OCH3 is 1. The zero-order chi connectivity index (χ0) is 27.9. The highest BCUT2D eigenvalue weighted by Gasteiger charge is 2.36. The van der Waals surface area contributed by atoms with Crippen LogP contribution in [0.1, 0.15) is 28.9 Å². The van der Waals surface area contributed by atoms with Crippen molar-refractivity contribution in [2.24, 2.45) is 0 Å². The number of ether oxygens (including phenoxy) is 2. The third-order valence-electron chi connectivity index (χ3n) is 5.88. The average molecular weight is 566 g/mol. The highest BCUT2D eigenvalue weighted by atomic mass is 35.5. The van der Waals surface area contributed by atoms with Crippen molar-refractivity contribution in [2.45, 2.75) is 13.0 Å². The van der Waals surface area contributed by atoms with Gasteiger partial charge in [-0.1, -0.05) is 41.4 Å². The van der Waals surface area contributed by atoms with Crippen LogP contribution < -0.4 is 15.0 Å². The summed E-state index contributed by atoms with van der Waals surface area (Å²) < 4.78 is 10.2. The molecule has 1 N–H and O–H groups in total. The molecule has 0 aliphatic carbocycles. The number of aromatic nitrogens is 1. The summed E-state index contributed by atoms with van der Waals surface area (Å²) in [4.78, 5) is 45.7. The Morgan fingerprint density at radius 1 is 0.974 bits per heavy atom. The maximum atomic E-state index is 14.1. The average Bonchev–Trinajstić information content (AvgIpc) is 2.95. The van der Waals surface area contributed by atoms with Crippen molar-refractivity contribution in [3.8, 4) is 5.75 Å². The van der Waals surface area contributed by atoms with Gasteiger partial charge in [-0.05, 0) is 67.6 Å². The minimum Gasteiger partial charge on any atom is -0.497 e. The SMILES string of the molecule is CCOC(=O)CNC(=O)C(c1cc2ccccc2nc1Cl)N(C(=O)c1ccc(Cl)cc1)c1ccc(OC)cc1. The molecular formula is C29H25Cl2N3O5. The number of esters is 1. The molecule has 4 aromatic rings. The molecule has 0 bridgehead atoms. The van der Waals surface area contributed by atoms with Crippen LogP contribution in [0.3, 0.4) is 0 Å². The number of hydrogen-bond donors (Lipinski definition) is 1. The fourth-order valence-corrected chi connectivity index (χ4v) is 4.40. The molecule has 1 heterocycles. The second kappa shape index (κ2) is 12.6. The number of pyridine rings is 1. The highest BCUT2D eigenvalue weighted by Crippen LogP contribution is 2.35. The highest BCUT2D eigenvalue weighted by molar-refractivity contribution is 6.31. The van der Waals surface area contributed by atoms with Crippen molar-refractivity contribution in [1.29, 1.82) is 0 Å². The molecule has 0 spiro atoms. The normalized spacial score (nSPS) is 11.5. The van der Waals surface area contributed by atoms with Gasteiger partial charge in [0.1, 0.15) is 23.5 Å². The van der Waals surface area contributed by atoms with E-state index >= 15 is 0 Å². The molecular weight excluding hydrogens is 541 g/mol. The predicted molar refractivity (Wildman–Crippen MR) is 150 cm³/mol. The number of nitrogens with zero attached hydrogens (tertiary/aromatic N) is 2. The third-order valence-corrected chi connectivity index (χ3v) is 6.43. The Morgan fingerprint density at radius 2 is 1.67 bits per heavy atom. The van der Waals surface area contributed by atoms with Gasteiger partial charge >= 0.3 is 5.97 Å². The molecule has 4 rings (SSSR count). The molecule has 1 aromatic heterocycles. The van der Waals surface area contributed by atoms with E-state index in [1.54, 1.807) is 67.6 Å². The summed E-state index contributed by atoms with van der Waals surface area (Å²) in [6.07, 6.45) is 0. The second-order valence-corrected chi connectivity index (χ2v) is 9.16. The summed E-state index contributed by atoms with van der Waals surface area (Å²) in [6, 6.07) is 20.6. The first-order valence-corrected chi connectivity index (χ1v) is 12.8. The largest absolute Gasteiger partial charge is 0.497 e. The van der Waals surface area contributed by atoms with E-state index in [0.29, 0.717) is 27.4 Å². The number of carbonyl (C=O) groups is 3. The smallest absolute Gasteiger partial charge is 0.325 e. The van der Waals surface area contributed by atoms with Crippen molar-refractivity contribution in [2.75, 3.05) is 25.2 Å². The van der Waals surface area contributed by atoms with Gasteiger partial charge in [-0.15, -0.1) is 0 Å². The molecule has 10 heteroatoms. The van der Waals surface area contributed by atoms with Crippen LogP contribution in [0.15, 0.2) is 78.9 Å². The number of nitrogens with one attached hydrogen (secondary N) is 1. The Labute approximate surface area is 235 Å². The number of benzene rings is 3. The number of halogens is 2. The molecule has 0 saturated heterocycles. The van der Waals surface area contributed by atoms with E-state index < -0.39 is 30.4 Å². The number of anilines is 1. The minimum atomic E-state index is -1.30. The van der Waals surface area contributed by atoms with Gasteiger partial charge in [0.05, 0.1) is 19.2 Å². The Morgan fingerprint density at radius 3 is 2.33 bits per heavy atom. The lowest BCUT2D eigenvalue weighted by atomic mass is 10.0.